The predicted molar refractivity (Wildman–Crippen MR) is 54.5 cm³/mol. The van der Waals surface area contributed by atoms with Crippen LogP contribution in [0.1, 0.15) is 58.8 Å². The molecule has 1 N–H and O–H groups in total. The molecule has 0 amide bonds. The average molecular weight is 182 g/mol. The summed E-state index contributed by atoms with van der Waals surface area (Å²) >= 11 is 0. The van der Waals surface area contributed by atoms with Gasteiger partial charge in [-0.25, -0.2) is 0 Å². The number of rotatable bonds is 1. The van der Waals surface area contributed by atoms with Crippen LogP contribution in [-0.4, -0.2) is 10.7 Å². The van der Waals surface area contributed by atoms with Gasteiger partial charge in [-0.2, -0.15) is 0 Å². The molecular formula is C12H22O. The Balaban J connectivity index is 2.17. The molecule has 0 aromatic rings. The second-order valence-corrected chi connectivity index (χ2v) is 5.53. The van der Waals surface area contributed by atoms with Gasteiger partial charge in [0.15, 0.2) is 0 Å². The molecule has 2 aliphatic carbocycles. The van der Waals surface area contributed by atoms with Crippen molar-refractivity contribution in [2.24, 2.45) is 11.3 Å². The molecule has 1 heteroatoms. The summed E-state index contributed by atoms with van der Waals surface area (Å²) in [6.07, 6.45) is 8.96. The van der Waals surface area contributed by atoms with E-state index < -0.39 is 0 Å². The first kappa shape index (κ1) is 9.51. The SMILES string of the molecule is CC1(O)CCCC1(C)C1CCCC1. The highest BCUT2D eigenvalue weighted by atomic mass is 16.3. The van der Waals surface area contributed by atoms with Crippen LogP contribution in [0.3, 0.4) is 0 Å². The standard InChI is InChI=1S/C12H22O/c1-11(10-6-3-4-7-10)8-5-9-12(11,2)13/h10,13H,3-9H2,1-2H3. The molecule has 13 heavy (non-hydrogen) atoms. The van der Waals surface area contributed by atoms with Crippen molar-refractivity contribution in [2.45, 2.75) is 64.4 Å². The summed E-state index contributed by atoms with van der Waals surface area (Å²) in [5.74, 6) is 0.796. The lowest BCUT2D eigenvalue weighted by molar-refractivity contribution is -0.0675. The van der Waals surface area contributed by atoms with Crippen molar-refractivity contribution in [2.75, 3.05) is 0 Å². The van der Waals surface area contributed by atoms with Crippen molar-refractivity contribution < 1.29 is 5.11 Å². The van der Waals surface area contributed by atoms with E-state index in [1.807, 2.05) is 0 Å². The van der Waals surface area contributed by atoms with Crippen LogP contribution in [0, 0.1) is 11.3 Å². The van der Waals surface area contributed by atoms with E-state index in [4.69, 9.17) is 0 Å². The van der Waals surface area contributed by atoms with Crippen molar-refractivity contribution in [3.8, 4) is 0 Å². The molecule has 0 aromatic carbocycles. The molecule has 76 valence electrons. The number of aliphatic hydroxyl groups is 1. The molecule has 0 spiro atoms. The second kappa shape index (κ2) is 2.98. The van der Waals surface area contributed by atoms with Gasteiger partial charge in [0.25, 0.3) is 0 Å². The zero-order valence-corrected chi connectivity index (χ0v) is 8.97. The molecular weight excluding hydrogens is 160 g/mol. The zero-order valence-electron chi connectivity index (χ0n) is 8.97. The highest BCUT2D eigenvalue weighted by Gasteiger charge is 2.51. The fourth-order valence-corrected chi connectivity index (χ4v) is 3.56. The van der Waals surface area contributed by atoms with Crippen LogP contribution in [0.2, 0.25) is 0 Å². The van der Waals surface area contributed by atoms with Gasteiger partial charge in [0.2, 0.25) is 0 Å². The maximum Gasteiger partial charge on any atom is 0.0675 e. The minimum atomic E-state index is -0.387. The summed E-state index contributed by atoms with van der Waals surface area (Å²) in [6.45, 7) is 4.37. The fraction of sp³-hybridized carbons (Fsp3) is 1.00. The third-order valence-corrected chi connectivity index (χ3v) is 4.85. The summed E-state index contributed by atoms with van der Waals surface area (Å²) in [4.78, 5) is 0. The van der Waals surface area contributed by atoms with Crippen LogP contribution in [0.25, 0.3) is 0 Å². The van der Waals surface area contributed by atoms with E-state index in [-0.39, 0.29) is 11.0 Å². The molecule has 0 heterocycles. The summed E-state index contributed by atoms with van der Waals surface area (Å²) in [7, 11) is 0. The minimum Gasteiger partial charge on any atom is -0.390 e. The Morgan fingerprint density at radius 1 is 1.00 bits per heavy atom. The van der Waals surface area contributed by atoms with Gasteiger partial charge in [0, 0.05) is 0 Å². The molecule has 0 aliphatic heterocycles. The van der Waals surface area contributed by atoms with Gasteiger partial charge in [0.05, 0.1) is 5.60 Å². The second-order valence-electron chi connectivity index (χ2n) is 5.53. The van der Waals surface area contributed by atoms with Gasteiger partial charge in [0.1, 0.15) is 0 Å². The maximum absolute atomic E-state index is 10.4. The van der Waals surface area contributed by atoms with Gasteiger partial charge in [-0.1, -0.05) is 19.8 Å². The highest BCUT2D eigenvalue weighted by Crippen LogP contribution is 2.55. The molecule has 1 nitrogen and oxygen atoms in total. The van der Waals surface area contributed by atoms with Crippen LogP contribution in [-0.2, 0) is 0 Å². The van der Waals surface area contributed by atoms with E-state index >= 15 is 0 Å². The molecule has 2 unspecified atom stereocenters. The van der Waals surface area contributed by atoms with E-state index in [1.54, 1.807) is 0 Å². The van der Waals surface area contributed by atoms with Crippen LogP contribution in [0.15, 0.2) is 0 Å². The Bertz CT molecular complexity index is 191. The zero-order chi connectivity index (χ0) is 9.53. The quantitative estimate of drug-likeness (QED) is 0.660. The van der Waals surface area contributed by atoms with Gasteiger partial charge in [-0.15, -0.1) is 0 Å². The number of hydrogen-bond donors (Lipinski definition) is 1. The topological polar surface area (TPSA) is 20.2 Å². The van der Waals surface area contributed by atoms with Crippen molar-refractivity contribution in [1.29, 1.82) is 0 Å². The lowest BCUT2D eigenvalue weighted by atomic mass is 9.67. The molecule has 2 aliphatic rings. The summed E-state index contributed by atoms with van der Waals surface area (Å²) < 4.78 is 0. The number of hydrogen-bond acceptors (Lipinski definition) is 1. The van der Waals surface area contributed by atoms with Crippen molar-refractivity contribution in [1.82, 2.24) is 0 Å². The van der Waals surface area contributed by atoms with E-state index in [0.717, 1.165) is 12.3 Å². The van der Waals surface area contributed by atoms with Crippen LogP contribution in [0.5, 0.6) is 0 Å². The van der Waals surface area contributed by atoms with Gasteiger partial charge >= 0.3 is 0 Å². The molecule has 0 aromatic heterocycles. The summed E-state index contributed by atoms with van der Waals surface area (Å²) in [5.41, 5.74) is -0.161. The normalized spacial score (nSPS) is 47.3. The largest absolute Gasteiger partial charge is 0.390 e. The van der Waals surface area contributed by atoms with Gasteiger partial charge < -0.3 is 5.11 Å². The smallest absolute Gasteiger partial charge is 0.0675 e. The van der Waals surface area contributed by atoms with Gasteiger partial charge in [-0.3, -0.25) is 0 Å². The Kier molecular flexibility index (Phi) is 2.18. The van der Waals surface area contributed by atoms with E-state index in [1.165, 1.54) is 38.5 Å². The predicted octanol–water partition coefficient (Wildman–Crippen LogP) is 3.12. The highest BCUT2D eigenvalue weighted by molar-refractivity contribution is 5.02. The molecule has 2 fully saturated rings. The van der Waals surface area contributed by atoms with Crippen LogP contribution >= 0.6 is 0 Å². The molecule has 0 saturated heterocycles. The van der Waals surface area contributed by atoms with E-state index in [9.17, 15) is 5.11 Å². The third kappa shape index (κ3) is 1.32. The first-order chi connectivity index (χ1) is 6.06. The molecule has 0 bridgehead atoms. The lowest BCUT2D eigenvalue weighted by Gasteiger charge is -2.42. The van der Waals surface area contributed by atoms with Crippen LogP contribution in [0.4, 0.5) is 0 Å². The Hall–Kier alpha value is -0.0400. The van der Waals surface area contributed by atoms with Gasteiger partial charge in [-0.05, 0) is 50.4 Å². The first-order valence-electron chi connectivity index (χ1n) is 5.79. The fourth-order valence-electron chi connectivity index (χ4n) is 3.56. The molecule has 2 saturated carbocycles. The minimum absolute atomic E-state index is 0.226. The van der Waals surface area contributed by atoms with E-state index in [0.29, 0.717) is 0 Å². The average Bonchev–Trinajstić information content (AvgIpc) is 2.61. The lowest BCUT2D eigenvalue weighted by Crippen LogP contribution is -2.43. The Morgan fingerprint density at radius 2 is 1.62 bits per heavy atom. The Labute approximate surface area is 81.5 Å². The van der Waals surface area contributed by atoms with Crippen molar-refractivity contribution in [3.05, 3.63) is 0 Å². The van der Waals surface area contributed by atoms with Crippen LogP contribution < -0.4 is 0 Å². The Morgan fingerprint density at radius 3 is 2.08 bits per heavy atom. The summed E-state index contributed by atoms with van der Waals surface area (Å²) in [6, 6.07) is 0. The first-order valence-corrected chi connectivity index (χ1v) is 5.79. The third-order valence-electron chi connectivity index (χ3n) is 4.85. The maximum atomic E-state index is 10.4. The van der Waals surface area contributed by atoms with E-state index in [2.05, 4.69) is 13.8 Å². The monoisotopic (exact) mass is 182 g/mol. The van der Waals surface area contributed by atoms with Crippen molar-refractivity contribution in [3.63, 3.8) is 0 Å². The molecule has 0 radical (unpaired) electrons. The molecule has 2 rings (SSSR count). The van der Waals surface area contributed by atoms with Crippen molar-refractivity contribution >= 4 is 0 Å². The summed E-state index contributed by atoms with van der Waals surface area (Å²) in [5, 5.41) is 10.4. The molecule has 2 atom stereocenters.